The van der Waals surface area contributed by atoms with Gasteiger partial charge in [0.1, 0.15) is 0 Å². The zero-order chi connectivity index (χ0) is 12.3. The number of benzene rings is 1. The first-order valence-corrected chi connectivity index (χ1v) is 6.64. The Balaban J connectivity index is 2.43. The van der Waals surface area contributed by atoms with Gasteiger partial charge in [-0.05, 0) is 43.5 Å². The van der Waals surface area contributed by atoms with Crippen LogP contribution in [0.25, 0.3) is 6.08 Å². The highest BCUT2D eigenvalue weighted by molar-refractivity contribution is 8.14. The van der Waals surface area contributed by atoms with Gasteiger partial charge in [-0.15, -0.1) is 0 Å². The highest BCUT2D eigenvalue weighted by Gasteiger charge is 2.14. The fourth-order valence-corrected chi connectivity index (χ4v) is 2.78. The lowest BCUT2D eigenvalue weighted by Crippen LogP contribution is -2.02. The molecule has 0 bridgehead atoms. The number of nitrogens with zero attached hydrogens (tertiary/aromatic N) is 1. The SMILES string of the molecule is C/C=C\C=C/c1c(C)ccc2c1CN=C(C)S2. The number of thioether (sulfide) groups is 1. The predicted molar refractivity (Wildman–Crippen MR) is 77.7 cm³/mol. The number of hydrogen-bond acceptors (Lipinski definition) is 2. The maximum atomic E-state index is 4.53. The molecule has 1 aliphatic rings. The van der Waals surface area contributed by atoms with E-state index in [0.29, 0.717) is 0 Å². The average molecular weight is 243 g/mol. The Hall–Kier alpha value is -1.28. The zero-order valence-corrected chi connectivity index (χ0v) is 11.3. The van der Waals surface area contributed by atoms with E-state index in [1.807, 2.05) is 13.0 Å². The molecular formula is C15H17NS. The largest absolute Gasteiger partial charge is 0.278 e. The van der Waals surface area contributed by atoms with Crippen LogP contribution in [0.15, 0.2) is 40.2 Å². The van der Waals surface area contributed by atoms with Crippen molar-refractivity contribution in [3.8, 4) is 0 Å². The van der Waals surface area contributed by atoms with E-state index in [1.54, 1.807) is 11.8 Å². The summed E-state index contributed by atoms with van der Waals surface area (Å²) in [6, 6.07) is 4.40. The van der Waals surface area contributed by atoms with Crippen LogP contribution in [0, 0.1) is 6.92 Å². The Morgan fingerprint density at radius 2 is 2.06 bits per heavy atom. The lowest BCUT2D eigenvalue weighted by atomic mass is 10.0. The van der Waals surface area contributed by atoms with Crippen LogP contribution in [-0.2, 0) is 6.54 Å². The number of hydrogen-bond donors (Lipinski definition) is 0. The Kier molecular flexibility index (Phi) is 3.85. The number of fused-ring (bicyclic) bond motifs is 1. The molecule has 88 valence electrons. The molecule has 0 aliphatic carbocycles. The van der Waals surface area contributed by atoms with Crippen molar-refractivity contribution in [1.29, 1.82) is 0 Å². The fourth-order valence-electron chi connectivity index (χ4n) is 1.90. The van der Waals surface area contributed by atoms with Gasteiger partial charge < -0.3 is 0 Å². The molecule has 17 heavy (non-hydrogen) atoms. The van der Waals surface area contributed by atoms with Gasteiger partial charge in [0.15, 0.2) is 0 Å². The highest BCUT2D eigenvalue weighted by Crippen LogP contribution is 2.33. The first-order chi connectivity index (χ1) is 8.22. The van der Waals surface area contributed by atoms with E-state index in [2.05, 4.69) is 49.2 Å². The van der Waals surface area contributed by atoms with Crippen molar-refractivity contribution < 1.29 is 0 Å². The van der Waals surface area contributed by atoms with Crippen molar-refractivity contribution in [1.82, 2.24) is 0 Å². The van der Waals surface area contributed by atoms with Crippen LogP contribution in [0.5, 0.6) is 0 Å². The van der Waals surface area contributed by atoms with Crippen LogP contribution in [0.3, 0.4) is 0 Å². The van der Waals surface area contributed by atoms with Gasteiger partial charge in [0, 0.05) is 4.90 Å². The maximum Gasteiger partial charge on any atom is 0.0696 e. The molecule has 0 atom stereocenters. The molecule has 0 unspecified atom stereocenters. The summed E-state index contributed by atoms with van der Waals surface area (Å²) < 4.78 is 0. The summed E-state index contributed by atoms with van der Waals surface area (Å²) in [6.07, 6.45) is 8.38. The molecule has 1 nitrogen and oxygen atoms in total. The van der Waals surface area contributed by atoms with E-state index in [-0.39, 0.29) is 0 Å². The van der Waals surface area contributed by atoms with Gasteiger partial charge in [-0.3, -0.25) is 4.99 Å². The summed E-state index contributed by atoms with van der Waals surface area (Å²) in [5.74, 6) is 0. The third kappa shape index (κ3) is 2.70. The van der Waals surface area contributed by atoms with E-state index in [4.69, 9.17) is 0 Å². The van der Waals surface area contributed by atoms with Crippen molar-refractivity contribution >= 4 is 22.9 Å². The molecule has 0 radical (unpaired) electrons. The van der Waals surface area contributed by atoms with E-state index in [0.717, 1.165) is 11.6 Å². The van der Waals surface area contributed by atoms with Gasteiger partial charge in [0.2, 0.25) is 0 Å². The van der Waals surface area contributed by atoms with Crippen LogP contribution in [-0.4, -0.2) is 5.04 Å². The molecule has 0 aromatic heterocycles. The van der Waals surface area contributed by atoms with Crippen molar-refractivity contribution in [2.75, 3.05) is 0 Å². The first-order valence-electron chi connectivity index (χ1n) is 5.83. The van der Waals surface area contributed by atoms with Gasteiger partial charge in [-0.2, -0.15) is 0 Å². The van der Waals surface area contributed by atoms with Gasteiger partial charge >= 0.3 is 0 Å². The van der Waals surface area contributed by atoms with E-state index >= 15 is 0 Å². The Morgan fingerprint density at radius 1 is 1.24 bits per heavy atom. The summed E-state index contributed by atoms with van der Waals surface area (Å²) >= 11 is 1.77. The van der Waals surface area contributed by atoms with Crippen molar-refractivity contribution in [2.24, 2.45) is 4.99 Å². The molecule has 0 saturated carbocycles. The fraction of sp³-hybridized carbons (Fsp3) is 0.267. The van der Waals surface area contributed by atoms with Gasteiger partial charge in [-0.25, -0.2) is 0 Å². The van der Waals surface area contributed by atoms with Crippen molar-refractivity contribution in [3.05, 3.63) is 47.1 Å². The third-order valence-electron chi connectivity index (χ3n) is 2.82. The first kappa shape index (κ1) is 12.2. The number of allylic oxidation sites excluding steroid dienone is 3. The topological polar surface area (TPSA) is 12.4 Å². The molecule has 0 fully saturated rings. The third-order valence-corrected chi connectivity index (χ3v) is 3.84. The lowest BCUT2D eigenvalue weighted by molar-refractivity contribution is 1.01. The van der Waals surface area contributed by atoms with Gasteiger partial charge in [0.05, 0.1) is 11.6 Å². The molecular weight excluding hydrogens is 226 g/mol. The normalized spacial score (nSPS) is 15.4. The summed E-state index contributed by atoms with van der Waals surface area (Å²) in [5.41, 5.74) is 4.01. The summed E-state index contributed by atoms with van der Waals surface area (Å²) in [7, 11) is 0. The quantitative estimate of drug-likeness (QED) is 0.691. The van der Waals surface area contributed by atoms with Crippen LogP contribution in [0.4, 0.5) is 0 Å². The van der Waals surface area contributed by atoms with Crippen LogP contribution < -0.4 is 0 Å². The Labute approximate surface area is 107 Å². The Morgan fingerprint density at radius 3 is 2.82 bits per heavy atom. The molecule has 0 amide bonds. The van der Waals surface area contributed by atoms with E-state index in [9.17, 15) is 0 Å². The second-order valence-electron chi connectivity index (χ2n) is 4.10. The van der Waals surface area contributed by atoms with Crippen LogP contribution >= 0.6 is 11.8 Å². The molecule has 2 heteroatoms. The number of aryl methyl sites for hydroxylation is 1. The molecule has 1 heterocycles. The van der Waals surface area contributed by atoms with Gasteiger partial charge in [0.25, 0.3) is 0 Å². The van der Waals surface area contributed by atoms with Gasteiger partial charge in [-0.1, -0.05) is 42.1 Å². The molecule has 0 N–H and O–H groups in total. The minimum atomic E-state index is 0.811. The van der Waals surface area contributed by atoms with Crippen molar-refractivity contribution in [3.63, 3.8) is 0 Å². The second-order valence-corrected chi connectivity index (χ2v) is 5.33. The zero-order valence-electron chi connectivity index (χ0n) is 10.5. The molecule has 2 rings (SSSR count). The monoisotopic (exact) mass is 243 g/mol. The van der Waals surface area contributed by atoms with E-state index in [1.165, 1.54) is 21.6 Å². The molecule has 1 aliphatic heterocycles. The second kappa shape index (κ2) is 5.37. The number of rotatable bonds is 2. The Bertz CT molecular complexity index is 510. The van der Waals surface area contributed by atoms with Crippen LogP contribution in [0.2, 0.25) is 0 Å². The predicted octanol–water partition coefficient (Wildman–Crippen LogP) is 4.61. The maximum absolute atomic E-state index is 4.53. The molecule has 0 spiro atoms. The lowest BCUT2D eigenvalue weighted by Gasteiger charge is -2.17. The average Bonchev–Trinajstić information content (AvgIpc) is 2.32. The molecule has 1 aromatic carbocycles. The summed E-state index contributed by atoms with van der Waals surface area (Å²) in [5, 5.41) is 1.16. The van der Waals surface area contributed by atoms with E-state index < -0.39 is 0 Å². The summed E-state index contributed by atoms with van der Waals surface area (Å²) in [6.45, 7) is 7.07. The van der Waals surface area contributed by atoms with Crippen molar-refractivity contribution in [2.45, 2.75) is 32.2 Å². The minimum Gasteiger partial charge on any atom is -0.278 e. The number of aliphatic imine (C=N–C) groups is 1. The molecule has 1 aromatic rings. The smallest absolute Gasteiger partial charge is 0.0696 e. The molecule has 0 saturated heterocycles. The summed E-state index contributed by atoms with van der Waals surface area (Å²) in [4.78, 5) is 5.88. The highest BCUT2D eigenvalue weighted by atomic mass is 32.2. The minimum absolute atomic E-state index is 0.811. The standard InChI is InChI=1S/C15H17NS/c1-4-5-6-7-13-11(2)8-9-15-14(13)10-16-12(3)17-15/h4-9H,10H2,1-3H3/b5-4-,7-6-. The van der Waals surface area contributed by atoms with Crippen LogP contribution in [0.1, 0.15) is 30.5 Å².